The highest BCUT2D eigenvalue weighted by Gasteiger charge is 2.26. The van der Waals surface area contributed by atoms with Crippen molar-refractivity contribution in [1.82, 2.24) is 14.2 Å². The molecular formula is C29H33ClF2N4O3S2. The molecule has 0 N–H and O–H groups in total. The Labute approximate surface area is 249 Å². The number of anilines is 1. The van der Waals surface area contributed by atoms with Crippen molar-refractivity contribution >= 4 is 55.0 Å². The summed E-state index contributed by atoms with van der Waals surface area (Å²) in [6.45, 7) is 8.69. The summed E-state index contributed by atoms with van der Waals surface area (Å²) in [6, 6.07) is 17.1. The molecule has 0 saturated carbocycles. The van der Waals surface area contributed by atoms with Gasteiger partial charge < -0.3 is 4.90 Å². The number of benzene rings is 3. The second-order valence-electron chi connectivity index (χ2n) is 9.16. The lowest BCUT2D eigenvalue weighted by atomic mass is 10.2. The third-order valence-corrected chi connectivity index (χ3v) is 9.67. The zero-order valence-electron chi connectivity index (χ0n) is 23.1. The monoisotopic (exact) mass is 622 g/mol. The summed E-state index contributed by atoms with van der Waals surface area (Å²) >= 11 is 1.03. The first-order valence-corrected chi connectivity index (χ1v) is 15.4. The molecule has 0 aliphatic rings. The van der Waals surface area contributed by atoms with Crippen LogP contribution in [0.4, 0.5) is 13.9 Å². The number of carbonyl (C=O) groups excluding carboxylic acids is 1. The van der Waals surface area contributed by atoms with Crippen LogP contribution in [0.1, 0.15) is 36.7 Å². The second-order valence-corrected chi connectivity index (χ2v) is 12.1. The van der Waals surface area contributed by atoms with Gasteiger partial charge in [-0.1, -0.05) is 62.4 Å². The molecule has 4 aromatic rings. The van der Waals surface area contributed by atoms with E-state index in [4.69, 9.17) is 0 Å². The molecule has 7 nitrogen and oxygen atoms in total. The van der Waals surface area contributed by atoms with Crippen molar-refractivity contribution in [3.8, 4) is 0 Å². The zero-order valence-corrected chi connectivity index (χ0v) is 25.5. The Morgan fingerprint density at radius 1 is 0.902 bits per heavy atom. The maximum atomic E-state index is 14.4. The number of sulfonamides is 1. The van der Waals surface area contributed by atoms with Gasteiger partial charge in [-0.25, -0.2) is 22.2 Å². The Kier molecular flexibility index (Phi) is 11.3. The minimum atomic E-state index is -3.80. The molecule has 0 unspecified atom stereocenters. The molecule has 4 rings (SSSR count). The topological polar surface area (TPSA) is 73.8 Å². The third-order valence-electron chi connectivity index (χ3n) is 6.71. The summed E-state index contributed by atoms with van der Waals surface area (Å²) in [7, 11) is -3.80. The van der Waals surface area contributed by atoms with Crippen molar-refractivity contribution in [2.24, 2.45) is 0 Å². The van der Waals surface area contributed by atoms with Crippen LogP contribution in [0.25, 0.3) is 10.2 Å². The molecule has 1 amide bonds. The van der Waals surface area contributed by atoms with Crippen molar-refractivity contribution in [2.75, 3.05) is 37.6 Å². The van der Waals surface area contributed by atoms with Crippen LogP contribution in [-0.4, -0.2) is 61.2 Å². The number of hydrogen-bond donors (Lipinski definition) is 0. The molecule has 0 saturated heterocycles. The number of carbonyl (C=O) groups is 1. The smallest absolute Gasteiger partial charge is 0.260 e. The average Bonchev–Trinajstić information content (AvgIpc) is 3.38. The summed E-state index contributed by atoms with van der Waals surface area (Å²) in [4.78, 5) is 21.7. The van der Waals surface area contributed by atoms with Crippen molar-refractivity contribution < 1.29 is 22.0 Å². The van der Waals surface area contributed by atoms with E-state index in [1.165, 1.54) is 39.5 Å². The molecule has 1 heterocycles. The largest absolute Gasteiger partial charge is 0.302 e. The highest BCUT2D eigenvalue weighted by atomic mass is 35.5. The first-order chi connectivity index (χ1) is 19.2. The fourth-order valence-corrected chi connectivity index (χ4v) is 6.82. The molecule has 0 spiro atoms. The van der Waals surface area contributed by atoms with Gasteiger partial charge in [0.1, 0.15) is 11.3 Å². The van der Waals surface area contributed by atoms with Crippen LogP contribution >= 0.6 is 23.7 Å². The number of hydrogen-bond acceptors (Lipinski definition) is 6. The van der Waals surface area contributed by atoms with Gasteiger partial charge in [0, 0.05) is 37.8 Å². The van der Waals surface area contributed by atoms with Crippen LogP contribution in [-0.2, 0) is 16.6 Å². The Balaban J connectivity index is 0.00000462. The SMILES string of the molecule is CCN(CC)CCN(C(=O)c1ccc(S(=O)(=O)N(CC)Cc2ccccc2)cc1)c1nc2c(F)cc(F)cc2s1.Cl. The van der Waals surface area contributed by atoms with E-state index < -0.39 is 27.6 Å². The fourth-order valence-electron chi connectivity index (χ4n) is 4.35. The third kappa shape index (κ3) is 7.47. The lowest BCUT2D eigenvalue weighted by molar-refractivity contribution is 0.0983. The Hall–Kier alpha value is -2.96. The molecule has 3 aromatic carbocycles. The van der Waals surface area contributed by atoms with Crippen molar-refractivity contribution in [1.29, 1.82) is 0 Å². The van der Waals surface area contributed by atoms with Crippen LogP contribution in [0.2, 0.25) is 0 Å². The first-order valence-electron chi connectivity index (χ1n) is 13.1. The Morgan fingerprint density at radius 2 is 1.56 bits per heavy atom. The number of halogens is 3. The predicted octanol–water partition coefficient (Wildman–Crippen LogP) is 6.20. The van der Waals surface area contributed by atoms with Crippen LogP contribution in [0.15, 0.2) is 71.6 Å². The minimum Gasteiger partial charge on any atom is -0.302 e. The van der Waals surface area contributed by atoms with Gasteiger partial charge in [-0.05, 0) is 49.0 Å². The van der Waals surface area contributed by atoms with Crippen molar-refractivity contribution in [3.63, 3.8) is 0 Å². The second kappa shape index (κ2) is 14.3. The van der Waals surface area contributed by atoms with E-state index >= 15 is 0 Å². The van der Waals surface area contributed by atoms with Gasteiger partial charge in [0.15, 0.2) is 10.9 Å². The summed E-state index contributed by atoms with van der Waals surface area (Å²) in [5.74, 6) is -1.92. The van der Waals surface area contributed by atoms with E-state index in [9.17, 15) is 22.0 Å². The van der Waals surface area contributed by atoms with E-state index in [2.05, 4.69) is 9.88 Å². The summed E-state index contributed by atoms with van der Waals surface area (Å²) < 4.78 is 56.6. The number of fused-ring (bicyclic) bond motifs is 1. The number of amides is 1. The first kappa shape index (κ1) is 32.6. The van der Waals surface area contributed by atoms with Gasteiger partial charge in [-0.3, -0.25) is 9.69 Å². The van der Waals surface area contributed by atoms with E-state index in [0.717, 1.165) is 36.1 Å². The standard InChI is InChI=1S/C29H32F2N4O3S2.ClH/c1-4-33(5-2)16-17-35(29-32-27-25(31)18-23(30)19-26(27)39-29)28(36)22-12-14-24(15-13-22)40(37,38)34(6-3)20-21-10-8-7-9-11-21;/h7-15,18-19H,4-6,16-17,20H2,1-3H3;1H. The fraction of sp³-hybridized carbons (Fsp3) is 0.310. The van der Waals surface area contributed by atoms with Gasteiger partial charge in [-0.15, -0.1) is 12.4 Å². The van der Waals surface area contributed by atoms with E-state index in [-0.39, 0.29) is 53.1 Å². The van der Waals surface area contributed by atoms with E-state index in [1.54, 1.807) is 6.92 Å². The number of nitrogens with zero attached hydrogens (tertiary/aromatic N) is 4. The van der Waals surface area contributed by atoms with Gasteiger partial charge in [0.25, 0.3) is 5.91 Å². The highest BCUT2D eigenvalue weighted by Crippen LogP contribution is 2.32. The number of likely N-dealkylation sites (N-methyl/N-ethyl adjacent to an activating group) is 1. The van der Waals surface area contributed by atoms with E-state index in [1.807, 2.05) is 44.2 Å². The maximum absolute atomic E-state index is 14.4. The number of thiazole rings is 1. The number of rotatable bonds is 12. The van der Waals surface area contributed by atoms with Crippen LogP contribution < -0.4 is 4.90 Å². The summed E-state index contributed by atoms with van der Waals surface area (Å²) in [5, 5.41) is 0.244. The van der Waals surface area contributed by atoms with Gasteiger partial charge in [0.05, 0.1) is 9.60 Å². The predicted molar refractivity (Wildman–Crippen MR) is 162 cm³/mol. The van der Waals surface area contributed by atoms with E-state index in [0.29, 0.717) is 11.2 Å². The maximum Gasteiger partial charge on any atom is 0.260 e. The average molecular weight is 623 g/mol. The minimum absolute atomic E-state index is 0. The lowest BCUT2D eigenvalue weighted by Gasteiger charge is -2.25. The molecular weight excluding hydrogens is 590 g/mol. The number of aromatic nitrogens is 1. The van der Waals surface area contributed by atoms with Crippen LogP contribution in [0.3, 0.4) is 0 Å². The molecule has 0 aliphatic heterocycles. The van der Waals surface area contributed by atoms with Gasteiger partial charge >= 0.3 is 0 Å². The lowest BCUT2D eigenvalue weighted by Crippen LogP contribution is -2.39. The molecule has 0 aliphatic carbocycles. The van der Waals surface area contributed by atoms with Crippen LogP contribution in [0.5, 0.6) is 0 Å². The molecule has 0 bridgehead atoms. The Morgan fingerprint density at radius 3 is 2.17 bits per heavy atom. The van der Waals surface area contributed by atoms with Crippen molar-refractivity contribution in [3.05, 3.63) is 89.5 Å². The molecule has 12 heteroatoms. The molecule has 41 heavy (non-hydrogen) atoms. The zero-order chi connectivity index (χ0) is 28.9. The molecule has 0 radical (unpaired) electrons. The molecule has 220 valence electrons. The highest BCUT2D eigenvalue weighted by molar-refractivity contribution is 7.89. The summed E-state index contributed by atoms with van der Waals surface area (Å²) in [5.41, 5.74) is 1.13. The molecule has 1 aromatic heterocycles. The van der Waals surface area contributed by atoms with Crippen LogP contribution in [0, 0.1) is 11.6 Å². The Bertz CT molecular complexity index is 1560. The van der Waals surface area contributed by atoms with Crippen molar-refractivity contribution in [2.45, 2.75) is 32.2 Å². The molecule has 0 atom stereocenters. The quantitative estimate of drug-likeness (QED) is 0.188. The van der Waals surface area contributed by atoms with Gasteiger partial charge in [0.2, 0.25) is 10.0 Å². The van der Waals surface area contributed by atoms with Gasteiger partial charge in [-0.2, -0.15) is 4.31 Å². The normalized spacial score (nSPS) is 11.7. The molecule has 0 fully saturated rings. The summed E-state index contributed by atoms with van der Waals surface area (Å²) in [6.07, 6.45) is 0.